The van der Waals surface area contributed by atoms with Gasteiger partial charge in [0, 0.05) is 18.7 Å². The van der Waals surface area contributed by atoms with Gasteiger partial charge < -0.3 is 10.2 Å². The van der Waals surface area contributed by atoms with Gasteiger partial charge in [-0.15, -0.1) is 0 Å². The summed E-state index contributed by atoms with van der Waals surface area (Å²) in [6.45, 7) is 1.51. The lowest BCUT2D eigenvalue weighted by molar-refractivity contribution is -0.385. The fourth-order valence-electron chi connectivity index (χ4n) is 2.24. The maximum Gasteiger partial charge on any atom is 0.288 e. The number of hydrogen-bond donors (Lipinski definition) is 1. The Balaban J connectivity index is 2.05. The molecule has 108 valence electrons. The quantitative estimate of drug-likeness (QED) is 0.516. The van der Waals surface area contributed by atoms with Crippen molar-refractivity contribution in [2.75, 3.05) is 20.1 Å². The Labute approximate surface area is 121 Å². The molecule has 1 N–H and O–H groups in total. The molecule has 0 saturated carbocycles. The average Bonchev–Trinajstić information content (AvgIpc) is 2.81. The summed E-state index contributed by atoms with van der Waals surface area (Å²) in [6, 6.07) is 1.44. The van der Waals surface area contributed by atoms with Gasteiger partial charge in [-0.05, 0) is 26.4 Å². The van der Waals surface area contributed by atoms with Crippen molar-refractivity contribution in [1.29, 1.82) is 0 Å². The van der Waals surface area contributed by atoms with E-state index < -0.39 is 10.8 Å². The van der Waals surface area contributed by atoms with E-state index in [0.29, 0.717) is 12.6 Å². The summed E-state index contributed by atoms with van der Waals surface area (Å²) in [7, 11) is 2.01. The van der Waals surface area contributed by atoms with E-state index in [1.165, 1.54) is 0 Å². The number of carbonyl (C=O) groups excluding carboxylic acids is 1. The van der Waals surface area contributed by atoms with Crippen LogP contribution in [0.5, 0.6) is 0 Å². The van der Waals surface area contributed by atoms with Crippen molar-refractivity contribution in [1.82, 2.24) is 15.2 Å². The van der Waals surface area contributed by atoms with E-state index in [0.717, 1.165) is 31.6 Å². The van der Waals surface area contributed by atoms with Gasteiger partial charge in [0.05, 0.1) is 10.5 Å². The van der Waals surface area contributed by atoms with E-state index in [9.17, 15) is 14.9 Å². The predicted molar refractivity (Wildman–Crippen MR) is 73.9 cm³/mol. The van der Waals surface area contributed by atoms with Crippen molar-refractivity contribution >= 4 is 23.2 Å². The highest BCUT2D eigenvalue weighted by Gasteiger charge is 2.22. The number of amides is 1. The molecule has 0 spiro atoms. The number of likely N-dealkylation sites (tertiary alicyclic amines) is 1. The third kappa shape index (κ3) is 3.23. The summed E-state index contributed by atoms with van der Waals surface area (Å²) in [6.07, 6.45) is 3.16. The minimum Gasteiger partial charge on any atom is -0.350 e. The molecule has 1 fully saturated rings. The van der Waals surface area contributed by atoms with Crippen LogP contribution in [0.15, 0.2) is 12.3 Å². The second-order valence-electron chi connectivity index (χ2n) is 4.78. The summed E-state index contributed by atoms with van der Waals surface area (Å²) >= 11 is 5.81. The molecule has 1 amide bonds. The lowest BCUT2D eigenvalue weighted by atomic mass is 10.2. The second kappa shape index (κ2) is 6.15. The first kappa shape index (κ1) is 14.7. The van der Waals surface area contributed by atoms with Crippen LogP contribution in [-0.2, 0) is 0 Å². The largest absolute Gasteiger partial charge is 0.350 e. The zero-order valence-electron chi connectivity index (χ0n) is 11.0. The normalized spacial score (nSPS) is 19.0. The summed E-state index contributed by atoms with van der Waals surface area (Å²) < 4.78 is 0. The second-order valence-corrected chi connectivity index (χ2v) is 5.13. The molecule has 8 heteroatoms. The van der Waals surface area contributed by atoms with E-state index in [1.807, 2.05) is 7.05 Å². The minimum absolute atomic E-state index is 0.0292. The number of nitro groups is 1. The SMILES string of the molecule is CN1CCCC1CNC(=O)c1cc([N+](=O)[O-])cnc1Cl. The number of hydrogen-bond acceptors (Lipinski definition) is 5. The van der Waals surface area contributed by atoms with Gasteiger partial charge in [-0.2, -0.15) is 0 Å². The summed E-state index contributed by atoms with van der Waals surface area (Å²) in [5.41, 5.74) is -0.223. The summed E-state index contributed by atoms with van der Waals surface area (Å²) in [5.74, 6) is -0.438. The first-order valence-corrected chi connectivity index (χ1v) is 6.65. The highest BCUT2D eigenvalue weighted by atomic mass is 35.5. The van der Waals surface area contributed by atoms with Crippen LogP contribution in [0.3, 0.4) is 0 Å². The Kier molecular flexibility index (Phi) is 4.51. The number of rotatable bonds is 4. The fraction of sp³-hybridized carbons (Fsp3) is 0.500. The lowest BCUT2D eigenvalue weighted by Gasteiger charge is -2.19. The van der Waals surface area contributed by atoms with Crippen LogP contribution in [0.4, 0.5) is 5.69 Å². The molecule has 0 radical (unpaired) electrons. The van der Waals surface area contributed by atoms with Crippen molar-refractivity contribution in [2.24, 2.45) is 0 Å². The van der Waals surface area contributed by atoms with Crippen LogP contribution in [0.1, 0.15) is 23.2 Å². The molecule has 2 rings (SSSR count). The Morgan fingerprint density at radius 3 is 3.05 bits per heavy atom. The van der Waals surface area contributed by atoms with E-state index in [4.69, 9.17) is 11.6 Å². The van der Waals surface area contributed by atoms with Crippen molar-refractivity contribution in [3.63, 3.8) is 0 Å². The average molecular weight is 299 g/mol. The summed E-state index contributed by atoms with van der Waals surface area (Å²) in [4.78, 5) is 27.9. The number of halogens is 1. The van der Waals surface area contributed by atoms with E-state index >= 15 is 0 Å². The zero-order chi connectivity index (χ0) is 14.7. The van der Waals surface area contributed by atoms with Gasteiger partial charge in [0.2, 0.25) is 0 Å². The molecule has 1 aliphatic rings. The highest BCUT2D eigenvalue weighted by Crippen LogP contribution is 2.19. The first-order valence-electron chi connectivity index (χ1n) is 6.27. The van der Waals surface area contributed by atoms with E-state index in [1.54, 1.807) is 0 Å². The van der Waals surface area contributed by atoms with Crippen LogP contribution >= 0.6 is 11.6 Å². The monoisotopic (exact) mass is 298 g/mol. The molecule has 2 heterocycles. The zero-order valence-corrected chi connectivity index (χ0v) is 11.8. The summed E-state index contributed by atoms with van der Waals surface area (Å²) in [5, 5.41) is 13.4. The van der Waals surface area contributed by atoms with E-state index in [2.05, 4.69) is 15.2 Å². The molecule has 7 nitrogen and oxygen atoms in total. The molecule has 1 saturated heterocycles. The van der Waals surface area contributed by atoms with Crippen molar-refractivity contribution in [3.05, 3.63) is 33.1 Å². The molecular weight excluding hydrogens is 284 g/mol. The Hall–Kier alpha value is -1.73. The molecule has 1 aliphatic heterocycles. The van der Waals surface area contributed by atoms with Gasteiger partial charge in [0.25, 0.3) is 11.6 Å². The third-order valence-electron chi connectivity index (χ3n) is 3.45. The standard InChI is InChI=1S/C12H15ClN4O3/c1-16-4-2-3-8(16)6-15-12(18)10-5-9(17(19)20)7-14-11(10)13/h5,7-8H,2-4,6H2,1H3,(H,15,18). The Morgan fingerprint density at radius 2 is 2.45 bits per heavy atom. The van der Waals surface area contributed by atoms with Crippen LogP contribution < -0.4 is 5.32 Å². The number of likely N-dealkylation sites (N-methyl/N-ethyl adjacent to an activating group) is 1. The van der Waals surface area contributed by atoms with Crippen molar-refractivity contribution in [3.8, 4) is 0 Å². The third-order valence-corrected chi connectivity index (χ3v) is 3.75. The smallest absolute Gasteiger partial charge is 0.288 e. The number of nitrogens with zero attached hydrogens (tertiary/aromatic N) is 3. The van der Waals surface area contributed by atoms with Gasteiger partial charge >= 0.3 is 0 Å². The number of nitrogens with one attached hydrogen (secondary N) is 1. The predicted octanol–water partition coefficient (Wildman–Crippen LogP) is 1.47. The molecule has 1 atom stereocenters. The molecule has 1 unspecified atom stereocenters. The molecule has 1 aromatic rings. The maximum absolute atomic E-state index is 12.0. The molecule has 0 bridgehead atoms. The van der Waals surface area contributed by atoms with Crippen molar-refractivity contribution < 1.29 is 9.72 Å². The van der Waals surface area contributed by atoms with Crippen LogP contribution in [0.2, 0.25) is 5.15 Å². The number of carbonyl (C=O) groups is 1. The Morgan fingerprint density at radius 1 is 1.70 bits per heavy atom. The molecule has 0 aliphatic carbocycles. The number of pyridine rings is 1. The molecule has 0 aromatic carbocycles. The van der Waals surface area contributed by atoms with Crippen molar-refractivity contribution in [2.45, 2.75) is 18.9 Å². The molecule has 1 aromatic heterocycles. The van der Waals surface area contributed by atoms with Crippen LogP contribution in [0.25, 0.3) is 0 Å². The van der Waals surface area contributed by atoms with Gasteiger partial charge in [-0.25, -0.2) is 4.98 Å². The van der Waals surface area contributed by atoms with Crippen LogP contribution in [-0.4, -0.2) is 46.9 Å². The lowest BCUT2D eigenvalue weighted by Crippen LogP contribution is -2.38. The highest BCUT2D eigenvalue weighted by molar-refractivity contribution is 6.32. The fourth-order valence-corrected chi connectivity index (χ4v) is 2.43. The van der Waals surface area contributed by atoms with Crippen LogP contribution in [0, 0.1) is 10.1 Å². The minimum atomic E-state index is -0.606. The van der Waals surface area contributed by atoms with Gasteiger partial charge in [-0.1, -0.05) is 11.6 Å². The number of aromatic nitrogens is 1. The van der Waals surface area contributed by atoms with E-state index in [-0.39, 0.29) is 16.4 Å². The van der Waals surface area contributed by atoms with Gasteiger partial charge in [0.1, 0.15) is 11.3 Å². The Bertz CT molecular complexity index is 537. The first-order chi connectivity index (χ1) is 9.49. The van der Waals surface area contributed by atoms with Gasteiger partial charge in [-0.3, -0.25) is 14.9 Å². The topological polar surface area (TPSA) is 88.4 Å². The van der Waals surface area contributed by atoms with Gasteiger partial charge in [0.15, 0.2) is 0 Å². The maximum atomic E-state index is 12.0. The molecular formula is C12H15ClN4O3. The molecule has 20 heavy (non-hydrogen) atoms.